The number of alkyl carbamates (subject to hydrolysis) is 1. The third-order valence-electron chi connectivity index (χ3n) is 5.19. The highest BCUT2D eigenvalue weighted by Gasteiger charge is 2.70. The summed E-state index contributed by atoms with van der Waals surface area (Å²) >= 11 is 0. The van der Waals surface area contributed by atoms with Crippen LogP contribution in [-0.2, 0) is 16.3 Å². The Kier molecular flexibility index (Phi) is 3.83. The van der Waals surface area contributed by atoms with Gasteiger partial charge < -0.3 is 14.6 Å². The molecular weight excluding hydrogens is 375 g/mol. The number of alkyl halides is 3. The number of ether oxygens (including phenoxy) is 1. The number of nitrogens with one attached hydrogen (secondary N) is 1. The first-order valence-corrected chi connectivity index (χ1v) is 8.92. The van der Waals surface area contributed by atoms with Gasteiger partial charge in [0.2, 0.25) is 0 Å². The molecule has 2 heterocycles. The van der Waals surface area contributed by atoms with E-state index in [0.29, 0.717) is 11.3 Å². The van der Waals surface area contributed by atoms with E-state index in [1.807, 2.05) is 20.8 Å². The maximum atomic E-state index is 12.6. The predicted molar refractivity (Wildman–Crippen MR) is 92.4 cm³/mol. The summed E-state index contributed by atoms with van der Waals surface area (Å²) in [6.45, 7) is 5.43. The fourth-order valence-corrected chi connectivity index (χ4v) is 4.08. The first-order chi connectivity index (χ1) is 12.9. The highest BCUT2D eigenvalue weighted by molar-refractivity contribution is 5.70. The number of hydrogen-bond acceptors (Lipinski definition) is 5. The topological polar surface area (TPSA) is 77.2 Å². The molecule has 0 atom stereocenters. The molecule has 0 aromatic carbocycles. The molecule has 2 aromatic heterocycles. The second-order valence-electron chi connectivity index (χ2n) is 8.72. The van der Waals surface area contributed by atoms with Gasteiger partial charge in [0.15, 0.2) is 5.76 Å². The van der Waals surface area contributed by atoms with Gasteiger partial charge in [0, 0.05) is 28.8 Å². The van der Waals surface area contributed by atoms with Crippen LogP contribution in [0.15, 0.2) is 28.9 Å². The number of rotatable bonds is 3. The fraction of sp³-hybridized carbons (Fsp3) is 0.526. The smallest absolute Gasteiger partial charge is 0.433 e. The van der Waals surface area contributed by atoms with Gasteiger partial charge in [-0.3, -0.25) is 4.98 Å². The lowest BCUT2D eigenvalue weighted by Gasteiger charge is -2.69. The van der Waals surface area contributed by atoms with Crippen LogP contribution >= 0.6 is 0 Å². The van der Waals surface area contributed by atoms with E-state index >= 15 is 0 Å². The number of amides is 1. The minimum absolute atomic E-state index is 0.157. The Morgan fingerprint density at radius 1 is 1.21 bits per heavy atom. The maximum Gasteiger partial charge on any atom is 0.433 e. The molecule has 0 spiro atoms. The van der Waals surface area contributed by atoms with Crippen molar-refractivity contribution in [2.75, 3.05) is 0 Å². The Bertz CT molecular complexity index is 893. The third-order valence-corrected chi connectivity index (χ3v) is 5.19. The quantitative estimate of drug-likeness (QED) is 0.831. The van der Waals surface area contributed by atoms with Gasteiger partial charge in [0.05, 0.1) is 5.69 Å². The molecule has 3 saturated carbocycles. The molecule has 9 heteroatoms. The molecule has 3 aliphatic rings. The lowest BCUT2D eigenvalue weighted by atomic mass is 9.38. The molecule has 0 aliphatic heterocycles. The summed E-state index contributed by atoms with van der Waals surface area (Å²) in [6, 6.07) is 3.97. The average Bonchev–Trinajstić information content (AvgIpc) is 2.96. The predicted octanol–water partition coefficient (Wildman–Crippen LogP) is 4.45. The van der Waals surface area contributed by atoms with Gasteiger partial charge in [0.1, 0.15) is 11.3 Å². The SMILES string of the molecule is CC(C)(C)OC(=O)NC12CC(c3cc(-c4ccc(C(F)(F)F)nc4)on3)(C1)C2. The van der Waals surface area contributed by atoms with E-state index in [1.54, 1.807) is 6.07 Å². The van der Waals surface area contributed by atoms with Crippen LogP contribution < -0.4 is 5.32 Å². The summed E-state index contributed by atoms with van der Waals surface area (Å²) in [5.41, 5.74) is -0.754. The molecule has 150 valence electrons. The van der Waals surface area contributed by atoms with Crippen molar-refractivity contribution in [2.45, 2.75) is 62.8 Å². The molecule has 0 radical (unpaired) electrons. The number of halogens is 3. The first kappa shape index (κ1) is 18.8. The van der Waals surface area contributed by atoms with Crippen LogP contribution in [0.2, 0.25) is 0 Å². The van der Waals surface area contributed by atoms with Gasteiger partial charge in [-0.05, 0) is 52.2 Å². The highest BCUT2D eigenvalue weighted by Crippen LogP contribution is 2.67. The summed E-state index contributed by atoms with van der Waals surface area (Å²) in [7, 11) is 0. The zero-order valence-corrected chi connectivity index (χ0v) is 15.7. The van der Waals surface area contributed by atoms with Crippen molar-refractivity contribution in [1.29, 1.82) is 0 Å². The van der Waals surface area contributed by atoms with E-state index in [-0.39, 0.29) is 11.0 Å². The van der Waals surface area contributed by atoms with Crippen molar-refractivity contribution in [3.63, 3.8) is 0 Å². The molecule has 0 saturated heterocycles. The molecule has 0 unspecified atom stereocenters. The Morgan fingerprint density at radius 3 is 2.43 bits per heavy atom. The van der Waals surface area contributed by atoms with Gasteiger partial charge >= 0.3 is 12.3 Å². The molecule has 28 heavy (non-hydrogen) atoms. The lowest BCUT2D eigenvalue weighted by Crippen LogP contribution is -2.77. The fourth-order valence-electron chi connectivity index (χ4n) is 4.08. The third kappa shape index (κ3) is 3.22. The van der Waals surface area contributed by atoms with E-state index < -0.39 is 23.6 Å². The standard InChI is InChI=1S/C19H20F3N3O3/c1-16(2,3)27-15(26)24-18-8-17(9-18,10-18)14-6-12(28-25-14)11-4-5-13(23-7-11)19(20,21)22/h4-7H,8-10H2,1-3H3,(H,24,26). The molecule has 3 fully saturated rings. The molecule has 6 nitrogen and oxygen atoms in total. The Labute approximate surface area is 159 Å². The van der Waals surface area contributed by atoms with Crippen LogP contribution in [0.4, 0.5) is 18.0 Å². The van der Waals surface area contributed by atoms with Gasteiger partial charge in [-0.15, -0.1) is 0 Å². The number of nitrogens with zero attached hydrogens (tertiary/aromatic N) is 2. The van der Waals surface area contributed by atoms with Crippen LogP contribution in [-0.4, -0.2) is 27.4 Å². The van der Waals surface area contributed by atoms with E-state index in [2.05, 4.69) is 15.5 Å². The van der Waals surface area contributed by atoms with Crippen LogP contribution in [0.5, 0.6) is 0 Å². The number of aromatic nitrogens is 2. The zero-order valence-electron chi connectivity index (χ0n) is 15.7. The van der Waals surface area contributed by atoms with E-state index in [1.165, 1.54) is 6.07 Å². The molecule has 1 N–H and O–H groups in total. The van der Waals surface area contributed by atoms with Crippen molar-refractivity contribution in [3.05, 3.63) is 35.8 Å². The number of pyridine rings is 1. The van der Waals surface area contributed by atoms with E-state index in [0.717, 1.165) is 37.2 Å². The first-order valence-electron chi connectivity index (χ1n) is 8.92. The summed E-state index contributed by atoms with van der Waals surface area (Å²) in [5.74, 6) is 0.370. The number of hydrogen-bond donors (Lipinski definition) is 1. The molecular formula is C19H20F3N3O3. The van der Waals surface area contributed by atoms with Crippen LogP contribution in [0.1, 0.15) is 51.4 Å². The molecule has 3 aliphatic carbocycles. The van der Waals surface area contributed by atoms with E-state index in [9.17, 15) is 18.0 Å². The largest absolute Gasteiger partial charge is 0.444 e. The van der Waals surface area contributed by atoms with Crippen molar-refractivity contribution >= 4 is 6.09 Å². The normalized spacial score (nSPS) is 26.2. The van der Waals surface area contributed by atoms with Crippen LogP contribution in [0.25, 0.3) is 11.3 Å². The number of carbonyl (C=O) groups is 1. The zero-order chi connectivity index (χ0) is 20.4. The van der Waals surface area contributed by atoms with E-state index in [4.69, 9.17) is 9.26 Å². The van der Waals surface area contributed by atoms with Gasteiger partial charge in [-0.2, -0.15) is 13.2 Å². The Balaban J connectivity index is 1.40. The molecule has 1 amide bonds. The van der Waals surface area contributed by atoms with Crippen molar-refractivity contribution in [1.82, 2.24) is 15.5 Å². The second-order valence-corrected chi connectivity index (χ2v) is 8.72. The van der Waals surface area contributed by atoms with Crippen molar-refractivity contribution in [3.8, 4) is 11.3 Å². The summed E-state index contributed by atoms with van der Waals surface area (Å²) in [6.07, 6.45) is -1.59. The molecule has 2 bridgehead atoms. The van der Waals surface area contributed by atoms with Crippen LogP contribution in [0.3, 0.4) is 0 Å². The molecule has 5 rings (SSSR count). The van der Waals surface area contributed by atoms with Crippen molar-refractivity contribution in [2.24, 2.45) is 0 Å². The maximum absolute atomic E-state index is 12.6. The highest BCUT2D eigenvalue weighted by atomic mass is 19.4. The Hall–Kier alpha value is -2.58. The minimum Gasteiger partial charge on any atom is -0.444 e. The average molecular weight is 395 g/mol. The molecule has 2 aromatic rings. The summed E-state index contributed by atoms with van der Waals surface area (Å²) in [4.78, 5) is 15.4. The monoisotopic (exact) mass is 395 g/mol. The summed E-state index contributed by atoms with van der Waals surface area (Å²) < 4.78 is 48.5. The van der Waals surface area contributed by atoms with Gasteiger partial charge in [0.25, 0.3) is 0 Å². The number of carbonyl (C=O) groups excluding carboxylic acids is 1. The lowest BCUT2D eigenvalue weighted by molar-refractivity contribution is -0.141. The second kappa shape index (κ2) is 5.71. The van der Waals surface area contributed by atoms with Crippen LogP contribution in [0, 0.1) is 0 Å². The Morgan fingerprint density at radius 2 is 1.89 bits per heavy atom. The summed E-state index contributed by atoms with van der Waals surface area (Å²) in [5, 5.41) is 7.03. The van der Waals surface area contributed by atoms with Gasteiger partial charge in [-0.25, -0.2) is 4.79 Å². The van der Waals surface area contributed by atoms with Crippen molar-refractivity contribution < 1.29 is 27.2 Å². The van der Waals surface area contributed by atoms with Gasteiger partial charge in [-0.1, -0.05) is 5.16 Å². The minimum atomic E-state index is -4.48.